The molecule has 1 heterocycles. The van der Waals surface area contributed by atoms with Crippen molar-refractivity contribution in [2.75, 3.05) is 19.7 Å². The zero-order chi connectivity index (χ0) is 22.3. The van der Waals surface area contributed by atoms with Gasteiger partial charge in [0.15, 0.2) is 0 Å². The second-order valence-electron chi connectivity index (χ2n) is 8.06. The highest BCUT2D eigenvalue weighted by Gasteiger charge is 2.36. The van der Waals surface area contributed by atoms with Crippen molar-refractivity contribution in [2.45, 2.75) is 44.8 Å². The van der Waals surface area contributed by atoms with Crippen LogP contribution in [-0.2, 0) is 23.9 Å². The third kappa shape index (κ3) is 6.99. The number of aryl methyl sites for hydroxylation is 1. The molecule has 1 fully saturated rings. The smallest absolute Gasteiger partial charge is 0.419 e. The van der Waals surface area contributed by atoms with E-state index >= 15 is 0 Å². The Kier molecular flexibility index (Phi) is 7.96. The molecule has 1 N–H and O–H groups in total. The fourth-order valence-corrected chi connectivity index (χ4v) is 3.75. The molecule has 31 heavy (non-hydrogen) atoms. The lowest BCUT2D eigenvalue weighted by Gasteiger charge is -2.36. The molecule has 0 amide bonds. The molecular formula is C24H28F3NO3. The predicted molar refractivity (Wildman–Crippen MR) is 112 cm³/mol. The second kappa shape index (κ2) is 10.7. The zero-order valence-electron chi connectivity index (χ0n) is 17.4. The lowest BCUT2D eigenvalue weighted by Crippen LogP contribution is -2.49. The van der Waals surface area contributed by atoms with Crippen LogP contribution in [0, 0.1) is 5.92 Å². The molecule has 0 bridgehead atoms. The van der Waals surface area contributed by atoms with Crippen molar-refractivity contribution in [3.8, 4) is 5.75 Å². The van der Waals surface area contributed by atoms with Crippen LogP contribution < -0.4 is 4.74 Å². The van der Waals surface area contributed by atoms with Crippen LogP contribution in [0.5, 0.6) is 5.75 Å². The van der Waals surface area contributed by atoms with E-state index in [2.05, 4.69) is 12.1 Å². The first kappa shape index (κ1) is 23.1. The Morgan fingerprint density at radius 3 is 2.39 bits per heavy atom. The van der Waals surface area contributed by atoms with Gasteiger partial charge >= 0.3 is 12.1 Å². The average Bonchev–Trinajstić information content (AvgIpc) is 2.70. The maximum Gasteiger partial charge on any atom is 0.419 e. The Morgan fingerprint density at radius 2 is 1.71 bits per heavy atom. The number of unbranched alkanes of at least 4 members (excludes halogenated alkanes) is 3. The van der Waals surface area contributed by atoms with Crippen molar-refractivity contribution in [3.63, 3.8) is 0 Å². The Balaban J connectivity index is 1.44. The molecule has 0 spiro atoms. The normalized spacial score (nSPS) is 14.9. The summed E-state index contributed by atoms with van der Waals surface area (Å²) in [5.41, 5.74) is 1.03. The van der Waals surface area contributed by atoms with E-state index in [1.54, 1.807) is 6.07 Å². The number of hydrogen-bond acceptors (Lipinski definition) is 3. The fourth-order valence-electron chi connectivity index (χ4n) is 3.75. The van der Waals surface area contributed by atoms with Gasteiger partial charge in [-0.05, 0) is 42.5 Å². The summed E-state index contributed by atoms with van der Waals surface area (Å²) < 4.78 is 46.0. The number of benzene rings is 2. The number of carboxylic acids is 1. The zero-order valence-corrected chi connectivity index (χ0v) is 17.4. The molecule has 1 aliphatic heterocycles. The summed E-state index contributed by atoms with van der Waals surface area (Å²) in [4.78, 5) is 12.7. The number of nitrogens with zero attached hydrogens (tertiary/aromatic N) is 1. The Morgan fingerprint density at radius 1 is 1.00 bits per heavy atom. The number of ether oxygens (including phenoxy) is 1. The molecule has 7 heteroatoms. The summed E-state index contributed by atoms with van der Waals surface area (Å²) in [6, 6.07) is 14.3. The molecule has 4 nitrogen and oxygen atoms in total. The van der Waals surface area contributed by atoms with Gasteiger partial charge in [0, 0.05) is 19.6 Å². The van der Waals surface area contributed by atoms with Crippen LogP contribution in [0.25, 0.3) is 0 Å². The number of rotatable bonds is 11. The molecule has 0 unspecified atom stereocenters. The Labute approximate surface area is 180 Å². The van der Waals surface area contributed by atoms with Crippen LogP contribution in [0.2, 0.25) is 0 Å². The van der Waals surface area contributed by atoms with E-state index in [0.29, 0.717) is 31.6 Å². The van der Waals surface area contributed by atoms with E-state index in [9.17, 15) is 18.0 Å². The molecule has 0 saturated carbocycles. The van der Waals surface area contributed by atoms with Gasteiger partial charge in [0.2, 0.25) is 0 Å². The van der Waals surface area contributed by atoms with Crippen LogP contribution in [0.1, 0.15) is 42.4 Å². The van der Waals surface area contributed by atoms with Crippen LogP contribution in [0.15, 0.2) is 48.5 Å². The topological polar surface area (TPSA) is 49.8 Å². The summed E-state index contributed by atoms with van der Waals surface area (Å²) in [7, 11) is 0. The number of carboxylic acid groups (broad SMARTS) is 1. The standard InChI is InChI=1S/C24H28F3NO3/c25-24(26,27)21-14-19(15-28-16-20(17-28)23(29)30)11-12-22(21)31-13-7-2-1-4-8-18-9-5-3-6-10-18/h3,5-6,9-12,14,20H,1-2,4,7-8,13,15-17H2,(H,29,30). The van der Waals surface area contributed by atoms with Crippen LogP contribution >= 0.6 is 0 Å². The Bertz CT molecular complexity index is 849. The summed E-state index contributed by atoms with van der Waals surface area (Å²) in [5.74, 6) is -1.44. The first-order valence-electron chi connectivity index (χ1n) is 10.6. The van der Waals surface area contributed by atoms with Crippen molar-refractivity contribution in [3.05, 3.63) is 65.2 Å². The Hall–Kier alpha value is -2.54. The lowest BCUT2D eigenvalue weighted by atomic mass is 9.99. The molecule has 168 valence electrons. The molecule has 0 aromatic heterocycles. The quantitative estimate of drug-likeness (QED) is 0.480. The maximum atomic E-state index is 13.5. The van der Waals surface area contributed by atoms with Crippen LogP contribution in [-0.4, -0.2) is 35.7 Å². The largest absolute Gasteiger partial charge is 0.493 e. The number of likely N-dealkylation sites (tertiary alicyclic amines) is 1. The molecule has 0 aliphatic carbocycles. The van der Waals surface area contributed by atoms with Crippen LogP contribution in [0.4, 0.5) is 13.2 Å². The minimum Gasteiger partial charge on any atom is -0.493 e. The predicted octanol–water partition coefficient (Wildman–Crippen LogP) is 5.40. The van der Waals surface area contributed by atoms with Gasteiger partial charge in [-0.25, -0.2) is 0 Å². The first-order valence-corrected chi connectivity index (χ1v) is 10.6. The molecule has 2 aromatic carbocycles. The van der Waals surface area contributed by atoms with Gasteiger partial charge in [-0.3, -0.25) is 9.69 Å². The number of alkyl halides is 3. The number of hydrogen-bond donors (Lipinski definition) is 1. The molecule has 3 rings (SSSR count). The van der Waals surface area contributed by atoms with Gasteiger partial charge in [-0.2, -0.15) is 13.2 Å². The van der Waals surface area contributed by atoms with E-state index in [0.717, 1.165) is 31.7 Å². The number of carbonyl (C=O) groups is 1. The molecule has 0 radical (unpaired) electrons. The van der Waals surface area contributed by atoms with Crippen LogP contribution in [0.3, 0.4) is 0 Å². The molecule has 0 atom stereocenters. The lowest BCUT2D eigenvalue weighted by molar-refractivity contribution is -0.147. The summed E-state index contributed by atoms with van der Waals surface area (Å²) in [6.07, 6.45) is 0.178. The minimum absolute atomic E-state index is 0.146. The second-order valence-corrected chi connectivity index (χ2v) is 8.06. The third-order valence-corrected chi connectivity index (χ3v) is 5.52. The average molecular weight is 435 g/mol. The van der Waals surface area contributed by atoms with E-state index in [1.807, 2.05) is 23.1 Å². The van der Waals surface area contributed by atoms with E-state index in [1.165, 1.54) is 11.6 Å². The van der Waals surface area contributed by atoms with Gasteiger partial charge in [0.25, 0.3) is 0 Å². The van der Waals surface area contributed by atoms with Crippen molar-refractivity contribution < 1.29 is 27.8 Å². The molecule has 1 saturated heterocycles. The van der Waals surface area contributed by atoms with Crippen molar-refractivity contribution >= 4 is 5.97 Å². The highest BCUT2D eigenvalue weighted by molar-refractivity contribution is 5.71. The van der Waals surface area contributed by atoms with Crippen molar-refractivity contribution in [2.24, 2.45) is 5.92 Å². The number of aliphatic carboxylic acids is 1. The van der Waals surface area contributed by atoms with Gasteiger partial charge in [0.1, 0.15) is 5.75 Å². The first-order chi connectivity index (χ1) is 14.8. The van der Waals surface area contributed by atoms with Gasteiger partial charge < -0.3 is 9.84 Å². The van der Waals surface area contributed by atoms with E-state index in [-0.39, 0.29) is 12.4 Å². The van der Waals surface area contributed by atoms with Crippen molar-refractivity contribution in [1.29, 1.82) is 0 Å². The van der Waals surface area contributed by atoms with Gasteiger partial charge in [-0.15, -0.1) is 0 Å². The minimum atomic E-state index is -4.50. The van der Waals surface area contributed by atoms with E-state index in [4.69, 9.17) is 9.84 Å². The SMILES string of the molecule is O=C(O)C1CN(Cc2ccc(OCCCCCCc3ccccc3)c(C(F)(F)F)c2)C1. The fraction of sp³-hybridized carbons (Fsp3) is 0.458. The summed E-state index contributed by atoms with van der Waals surface area (Å²) in [5, 5.41) is 8.92. The third-order valence-electron chi connectivity index (χ3n) is 5.52. The monoisotopic (exact) mass is 435 g/mol. The van der Waals surface area contributed by atoms with Gasteiger partial charge in [0.05, 0.1) is 18.1 Å². The highest BCUT2D eigenvalue weighted by atomic mass is 19.4. The van der Waals surface area contributed by atoms with E-state index < -0.39 is 23.6 Å². The summed E-state index contributed by atoms with van der Waals surface area (Å²) in [6.45, 7) is 1.27. The number of halogens is 3. The van der Waals surface area contributed by atoms with Crippen molar-refractivity contribution in [1.82, 2.24) is 4.90 Å². The molecular weight excluding hydrogens is 407 g/mol. The maximum absolute atomic E-state index is 13.5. The highest BCUT2D eigenvalue weighted by Crippen LogP contribution is 2.37. The van der Waals surface area contributed by atoms with Gasteiger partial charge in [-0.1, -0.05) is 49.2 Å². The molecule has 2 aromatic rings. The molecule has 1 aliphatic rings. The summed E-state index contributed by atoms with van der Waals surface area (Å²) >= 11 is 0.